The highest BCUT2D eigenvalue weighted by Gasteiger charge is 2.13. The van der Waals surface area contributed by atoms with Gasteiger partial charge in [0.25, 0.3) is 0 Å². The molecule has 3 aromatic rings. The van der Waals surface area contributed by atoms with Crippen LogP contribution in [-0.4, -0.2) is 18.4 Å². The van der Waals surface area contributed by atoms with Crippen molar-refractivity contribution in [3.05, 3.63) is 92.9 Å². The van der Waals surface area contributed by atoms with Crippen LogP contribution >= 0.6 is 27.5 Å². The summed E-state index contributed by atoms with van der Waals surface area (Å²) in [6, 6.07) is 19.1. The van der Waals surface area contributed by atoms with E-state index < -0.39 is 5.97 Å². The Bertz CT molecular complexity index is 978. The van der Waals surface area contributed by atoms with E-state index in [0.717, 1.165) is 10.0 Å². The minimum atomic E-state index is -0.572. The third-order valence-corrected chi connectivity index (χ3v) is 4.66. The van der Waals surface area contributed by atoms with E-state index in [4.69, 9.17) is 21.1 Å². The summed E-state index contributed by atoms with van der Waals surface area (Å²) < 4.78 is 11.5. The number of hydrogen-bond donors (Lipinski definition) is 0. The van der Waals surface area contributed by atoms with Crippen LogP contribution in [0.15, 0.2) is 71.2 Å². The van der Waals surface area contributed by atoms with Gasteiger partial charge in [0, 0.05) is 15.6 Å². The molecule has 0 aromatic heterocycles. The van der Waals surface area contributed by atoms with Crippen LogP contribution in [0.4, 0.5) is 0 Å². The van der Waals surface area contributed by atoms with Gasteiger partial charge in [-0.05, 0) is 48.9 Å². The van der Waals surface area contributed by atoms with Gasteiger partial charge >= 0.3 is 5.97 Å². The summed E-state index contributed by atoms with van der Waals surface area (Å²) in [6.07, 6.45) is 0. The second-order valence-corrected chi connectivity index (χ2v) is 7.34. The number of ketones is 1. The highest BCUT2D eigenvalue weighted by molar-refractivity contribution is 9.10. The van der Waals surface area contributed by atoms with Gasteiger partial charge in [-0.2, -0.15) is 0 Å². The zero-order valence-electron chi connectivity index (χ0n) is 14.9. The van der Waals surface area contributed by atoms with Crippen molar-refractivity contribution in [3.63, 3.8) is 0 Å². The molecule has 0 aliphatic heterocycles. The zero-order valence-corrected chi connectivity index (χ0v) is 17.3. The summed E-state index contributed by atoms with van der Waals surface area (Å²) in [5, 5.41) is 0.337. The zero-order chi connectivity index (χ0) is 20.1. The molecule has 0 saturated carbocycles. The maximum absolute atomic E-state index is 12.4. The van der Waals surface area contributed by atoms with E-state index in [2.05, 4.69) is 15.9 Å². The van der Waals surface area contributed by atoms with Gasteiger partial charge in [0.15, 0.2) is 18.1 Å². The van der Waals surface area contributed by atoms with Crippen molar-refractivity contribution in [2.45, 2.75) is 6.92 Å². The summed E-state index contributed by atoms with van der Waals surface area (Å²) in [5.74, 6) is 0.117. The fourth-order valence-corrected chi connectivity index (χ4v) is 3.57. The molecule has 0 atom stereocenters. The van der Waals surface area contributed by atoms with E-state index in [9.17, 15) is 9.59 Å². The van der Waals surface area contributed by atoms with Crippen molar-refractivity contribution in [3.8, 4) is 11.5 Å². The number of halogens is 2. The molecule has 6 heteroatoms. The van der Waals surface area contributed by atoms with Crippen molar-refractivity contribution in [1.82, 2.24) is 0 Å². The molecule has 0 heterocycles. The summed E-state index contributed by atoms with van der Waals surface area (Å²) in [5.41, 5.74) is 1.89. The smallest absolute Gasteiger partial charge is 0.349 e. The molecule has 0 fully saturated rings. The highest BCUT2D eigenvalue weighted by atomic mass is 79.9. The molecule has 4 nitrogen and oxygen atoms in total. The lowest BCUT2D eigenvalue weighted by molar-refractivity contribution is -0.136. The number of hydrogen-bond acceptors (Lipinski definition) is 4. The average molecular weight is 460 g/mol. The average Bonchev–Trinajstić information content (AvgIpc) is 2.69. The lowest BCUT2D eigenvalue weighted by Crippen LogP contribution is -2.18. The molecule has 0 N–H and O–H groups in total. The van der Waals surface area contributed by atoms with Crippen LogP contribution < -0.4 is 9.47 Å². The van der Waals surface area contributed by atoms with Crippen LogP contribution in [-0.2, 0) is 4.79 Å². The van der Waals surface area contributed by atoms with Crippen LogP contribution in [0.25, 0.3) is 0 Å². The second kappa shape index (κ2) is 9.04. The molecule has 3 aromatic carbocycles. The third-order valence-electron chi connectivity index (χ3n) is 3.92. The lowest BCUT2D eigenvalue weighted by Gasteiger charge is -2.11. The van der Waals surface area contributed by atoms with Crippen LogP contribution in [0.1, 0.15) is 21.5 Å². The molecule has 0 unspecified atom stereocenters. The first-order valence-electron chi connectivity index (χ1n) is 8.43. The molecular formula is C22H16BrClO4. The van der Waals surface area contributed by atoms with Gasteiger partial charge in [0.2, 0.25) is 0 Å². The maximum Gasteiger partial charge on any atom is 0.349 e. The van der Waals surface area contributed by atoms with Gasteiger partial charge in [-0.15, -0.1) is 0 Å². The molecule has 0 spiro atoms. The number of rotatable bonds is 6. The topological polar surface area (TPSA) is 52.6 Å². The number of ether oxygens (including phenoxy) is 2. The molecule has 0 aliphatic rings. The Morgan fingerprint density at radius 2 is 1.61 bits per heavy atom. The SMILES string of the molecule is Cc1cc(Br)cc(Cl)c1OC(=O)COc1ccc(C(=O)c2ccccc2)cc1. The van der Waals surface area contributed by atoms with Crippen LogP contribution in [0.3, 0.4) is 0 Å². The van der Waals surface area contributed by atoms with E-state index in [-0.39, 0.29) is 12.4 Å². The summed E-state index contributed by atoms with van der Waals surface area (Å²) in [6.45, 7) is 1.51. The molecule has 3 rings (SSSR count). The largest absolute Gasteiger partial charge is 0.482 e. The van der Waals surface area contributed by atoms with Gasteiger partial charge < -0.3 is 9.47 Å². The van der Waals surface area contributed by atoms with Crippen molar-refractivity contribution < 1.29 is 19.1 Å². The molecule has 0 aliphatic carbocycles. The Balaban J connectivity index is 1.59. The number of benzene rings is 3. The van der Waals surface area contributed by atoms with Gasteiger partial charge in [0.05, 0.1) is 5.02 Å². The van der Waals surface area contributed by atoms with E-state index in [1.165, 1.54) is 0 Å². The Morgan fingerprint density at radius 3 is 2.25 bits per heavy atom. The van der Waals surface area contributed by atoms with Crippen LogP contribution in [0, 0.1) is 6.92 Å². The minimum absolute atomic E-state index is 0.0769. The molecular weight excluding hydrogens is 444 g/mol. The molecule has 28 heavy (non-hydrogen) atoms. The number of aryl methyl sites for hydroxylation is 1. The first-order valence-corrected chi connectivity index (χ1v) is 9.60. The summed E-state index contributed by atoms with van der Waals surface area (Å²) >= 11 is 9.45. The first-order chi connectivity index (χ1) is 13.4. The molecule has 142 valence electrons. The van der Waals surface area contributed by atoms with Crippen molar-refractivity contribution in [1.29, 1.82) is 0 Å². The monoisotopic (exact) mass is 458 g/mol. The lowest BCUT2D eigenvalue weighted by atomic mass is 10.0. The normalized spacial score (nSPS) is 10.4. The van der Waals surface area contributed by atoms with Gasteiger partial charge in [-0.1, -0.05) is 57.9 Å². The van der Waals surface area contributed by atoms with E-state index in [0.29, 0.717) is 27.6 Å². The van der Waals surface area contributed by atoms with E-state index in [1.54, 1.807) is 55.5 Å². The Labute approximate surface area is 176 Å². The van der Waals surface area contributed by atoms with Gasteiger partial charge in [-0.3, -0.25) is 4.79 Å². The van der Waals surface area contributed by atoms with Crippen LogP contribution in [0.2, 0.25) is 5.02 Å². The number of esters is 1. The van der Waals surface area contributed by atoms with Crippen molar-refractivity contribution in [2.75, 3.05) is 6.61 Å². The van der Waals surface area contributed by atoms with Crippen LogP contribution in [0.5, 0.6) is 11.5 Å². The van der Waals surface area contributed by atoms with E-state index in [1.807, 2.05) is 18.2 Å². The van der Waals surface area contributed by atoms with Crippen molar-refractivity contribution >= 4 is 39.3 Å². The molecule has 0 bridgehead atoms. The minimum Gasteiger partial charge on any atom is -0.482 e. The quantitative estimate of drug-likeness (QED) is 0.272. The Morgan fingerprint density at radius 1 is 0.964 bits per heavy atom. The predicted molar refractivity (Wildman–Crippen MR) is 111 cm³/mol. The summed E-state index contributed by atoms with van der Waals surface area (Å²) in [4.78, 5) is 24.4. The van der Waals surface area contributed by atoms with Gasteiger partial charge in [-0.25, -0.2) is 4.79 Å². The van der Waals surface area contributed by atoms with Gasteiger partial charge in [0.1, 0.15) is 5.75 Å². The maximum atomic E-state index is 12.4. The second-order valence-electron chi connectivity index (χ2n) is 6.02. The standard InChI is InChI=1S/C22H16BrClO4/c1-14-11-17(23)12-19(24)22(14)28-20(25)13-27-18-9-7-16(8-10-18)21(26)15-5-3-2-4-6-15/h2-12H,13H2,1H3. The van der Waals surface area contributed by atoms with E-state index >= 15 is 0 Å². The Kier molecular flexibility index (Phi) is 6.49. The third kappa shape index (κ3) is 5.00. The predicted octanol–water partition coefficient (Wildman–Crippen LogP) is 5.63. The molecule has 0 radical (unpaired) electrons. The van der Waals surface area contributed by atoms with Crippen molar-refractivity contribution in [2.24, 2.45) is 0 Å². The fourth-order valence-electron chi connectivity index (χ4n) is 2.56. The molecule has 0 saturated heterocycles. The highest BCUT2D eigenvalue weighted by Crippen LogP contribution is 2.32. The number of carbonyl (C=O) groups excluding carboxylic acids is 2. The molecule has 0 amide bonds. The summed E-state index contributed by atoms with van der Waals surface area (Å²) in [7, 11) is 0. The fraction of sp³-hybridized carbons (Fsp3) is 0.0909. The Hall–Kier alpha value is -2.63. The first kappa shape index (κ1) is 20.1. The number of carbonyl (C=O) groups is 2.